The van der Waals surface area contributed by atoms with Crippen molar-refractivity contribution in [2.75, 3.05) is 6.61 Å². The first-order valence-corrected chi connectivity index (χ1v) is 10.2. The molecule has 0 amide bonds. The van der Waals surface area contributed by atoms with E-state index >= 15 is 0 Å². The van der Waals surface area contributed by atoms with Gasteiger partial charge in [-0.15, -0.1) is 0 Å². The summed E-state index contributed by atoms with van der Waals surface area (Å²) in [6.45, 7) is 2.84. The Bertz CT molecular complexity index is 1100. The van der Waals surface area contributed by atoms with E-state index in [1.165, 1.54) is 12.1 Å². The zero-order valence-corrected chi connectivity index (χ0v) is 17.5. The minimum Gasteiger partial charge on any atom is -0.494 e. The molecule has 0 aliphatic heterocycles. The van der Waals surface area contributed by atoms with E-state index in [0.717, 1.165) is 30.6 Å². The molecule has 0 radical (unpaired) electrons. The first kappa shape index (κ1) is 23.0. The summed E-state index contributed by atoms with van der Waals surface area (Å²) in [7, 11) is 0. The van der Waals surface area contributed by atoms with E-state index in [1.54, 1.807) is 12.1 Å². The normalized spacial score (nSPS) is 10.2. The molecule has 164 valence electrons. The van der Waals surface area contributed by atoms with Crippen LogP contribution in [0.15, 0.2) is 60.7 Å². The molecular weight excluding hydrogens is 417 g/mol. The predicted octanol–water partition coefficient (Wildman–Crippen LogP) is 6.29. The van der Waals surface area contributed by atoms with Crippen LogP contribution in [-0.2, 0) is 0 Å². The number of benzene rings is 3. The first-order chi connectivity index (χ1) is 15.5. The van der Waals surface area contributed by atoms with Crippen LogP contribution < -0.4 is 9.47 Å². The monoisotopic (exact) mass is 438 g/mol. The molecule has 0 aromatic heterocycles. The second kappa shape index (κ2) is 11.1. The van der Waals surface area contributed by atoms with Crippen LogP contribution in [0.1, 0.15) is 47.7 Å². The van der Waals surface area contributed by atoms with Gasteiger partial charge in [0, 0.05) is 23.3 Å². The van der Waals surface area contributed by atoms with Gasteiger partial charge in [0.15, 0.2) is 17.5 Å². The molecule has 0 spiro atoms. The number of carbonyl (C=O) groups is 1. The molecule has 32 heavy (non-hydrogen) atoms. The Morgan fingerprint density at radius 2 is 1.38 bits per heavy atom. The lowest BCUT2D eigenvalue weighted by Gasteiger charge is -2.05. The Balaban J connectivity index is 1.59. The van der Waals surface area contributed by atoms with Crippen molar-refractivity contribution in [2.45, 2.75) is 26.2 Å². The summed E-state index contributed by atoms with van der Waals surface area (Å²) in [6.07, 6.45) is 3.32. The molecule has 3 rings (SSSR count). The molecule has 0 aliphatic rings. The van der Waals surface area contributed by atoms with Gasteiger partial charge in [-0.3, -0.25) is 0 Å². The Hall–Kier alpha value is -3.72. The smallest absolute Gasteiger partial charge is 0.343 e. The largest absolute Gasteiger partial charge is 0.494 e. The van der Waals surface area contributed by atoms with Crippen molar-refractivity contribution in [3.8, 4) is 23.3 Å². The fraction of sp³-hybridized carbons (Fsp3) is 0.192. The third-order valence-corrected chi connectivity index (χ3v) is 4.51. The lowest BCUT2D eigenvalue weighted by molar-refractivity contribution is 0.0733. The van der Waals surface area contributed by atoms with Crippen LogP contribution in [0, 0.1) is 29.3 Å². The number of esters is 1. The average Bonchev–Trinajstić information content (AvgIpc) is 2.80. The molecule has 6 heteroatoms. The number of hydrogen-bond donors (Lipinski definition) is 0. The number of unbranched alkanes of at least 4 members (excludes halogenated alkanes) is 2. The molecule has 3 nitrogen and oxygen atoms in total. The van der Waals surface area contributed by atoms with Crippen molar-refractivity contribution in [1.29, 1.82) is 0 Å². The van der Waals surface area contributed by atoms with E-state index in [-0.39, 0.29) is 5.56 Å². The van der Waals surface area contributed by atoms with Gasteiger partial charge in [-0.1, -0.05) is 31.6 Å². The van der Waals surface area contributed by atoms with E-state index in [4.69, 9.17) is 9.47 Å². The standard InChI is InChI=1S/C26H21F3O3/c1-2-3-4-15-31-21-13-9-19(10-14-21)6-5-18-7-11-20(12-8-18)26(30)32-22-16-23(27)25(29)24(28)17-22/h7-14,16-17H,2-4,15H2,1H3. The molecule has 0 unspecified atom stereocenters. The molecular formula is C26H21F3O3. The zero-order valence-electron chi connectivity index (χ0n) is 17.5. The first-order valence-electron chi connectivity index (χ1n) is 10.2. The maximum Gasteiger partial charge on any atom is 0.343 e. The highest BCUT2D eigenvalue weighted by molar-refractivity contribution is 5.91. The summed E-state index contributed by atoms with van der Waals surface area (Å²) in [6, 6.07) is 14.9. The van der Waals surface area contributed by atoms with Crippen LogP contribution in [-0.4, -0.2) is 12.6 Å². The molecule has 0 aliphatic carbocycles. The van der Waals surface area contributed by atoms with Crippen LogP contribution in [0.25, 0.3) is 0 Å². The Labute approximate surface area is 184 Å². The maximum absolute atomic E-state index is 13.2. The molecule has 3 aromatic carbocycles. The fourth-order valence-electron chi connectivity index (χ4n) is 2.77. The van der Waals surface area contributed by atoms with E-state index in [1.807, 2.05) is 24.3 Å². The third-order valence-electron chi connectivity index (χ3n) is 4.51. The number of rotatable bonds is 7. The second-order valence-electron chi connectivity index (χ2n) is 7.00. The SMILES string of the molecule is CCCCCOc1ccc(C#Cc2ccc(C(=O)Oc3cc(F)c(F)c(F)c3)cc2)cc1. The van der Waals surface area contributed by atoms with Gasteiger partial charge in [-0.05, 0) is 55.0 Å². The Kier molecular flexibility index (Phi) is 7.93. The number of halogens is 3. The lowest BCUT2D eigenvalue weighted by Crippen LogP contribution is -2.09. The van der Waals surface area contributed by atoms with Crippen LogP contribution in [0.5, 0.6) is 11.5 Å². The van der Waals surface area contributed by atoms with Crippen molar-refractivity contribution in [2.24, 2.45) is 0 Å². The minimum absolute atomic E-state index is 0.158. The lowest BCUT2D eigenvalue weighted by atomic mass is 10.1. The molecule has 0 saturated carbocycles. The quantitative estimate of drug-likeness (QED) is 0.143. The highest BCUT2D eigenvalue weighted by Gasteiger charge is 2.14. The van der Waals surface area contributed by atoms with Crippen LogP contribution in [0.2, 0.25) is 0 Å². The molecule has 3 aromatic rings. The molecule has 0 N–H and O–H groups in total. The molecule has 0 bridgehead atoms. The number of hydrogen-bond acceptors (Lipinski definition) is 3. The van der Waals surface area contributed by atoms with E-state index < -0.39 is 29.2 Å². The van der Waals surface area contributed by atoms with Gasteiger partial charge in [0.25, 0.3) is 0 Å². The van der Waals surface area contributed by atoms with E-state index in [9.17, 15) is 18.0 Å². The van der Waals surface area contributed by atoms with Crippen molar-refractivity contribution >= 4 is 5.97 Å². The Morgan fingerprint density at radius 3 is 1.94 bits per heavy atom. The van der Waals surface area contributed by atoms with Crippen LogP contribution >= 0.6 is 0 Å². The predicted molar refractivity (Wildman–Crippen MR) is 115 cm³/mol. The van der Waals surface area contributed by atoms with Crippen LogP contribution in [0.4, 0.5) is 13.2 Å². The number of carbonyl (C=O) groups excluding carboxylic acids is 1. The topological polar surface area (TPSA) is 35.5 Å². The van der Waals surface area contributed by atoms with E-state index in [2.05, 4.69) is 18.8 Å². The number of ether oxygens (including phenoxy) is 2. The summed E-state index contributed by atoms with van der Waals surface area (Å²) >= 11 is 0. The van der Waals surface area contributed by atoms with Gasteiger partial charge >= 0.3 is 5.97 Å². The van der Waals surface area contributed by atoms with Gasteiger partial charge in [0.1, 0.15) is 11.5 Å². The van der Waals surface area contributed by atoms with Crippen molar-refractivity contribution < 1.29 is 27.4 Å². The summed E-state index contributed by atoms with van der Waals surface area (Å²) in [5, 5.41) is 0. The Morgan fingerprint density at radius 1 is 0.812 bits per heavy atom. The third kappa shape index (κ3) is 6.39. The minimum atomic E-state index is -1.62. The van der Waals surface area contributed by atoms with Gasteiger partial charge in [0.05, 0.1) is 12.2 Å². The summed E-state index contributed by atoms with van der Waals surface area (Å²) in [5.74, 6) is 1.08. The average molecular weight is 438 g/mol. The van der Waals surface area contributed by atoms with Crippen molar-refractivity contribution in [3.63, 3.8) is 0 Å². The highest BCUT2D eigenvalue weighted by Crippen LogP contribution is 2.20. The second-order valence-corrected chi connectivity index (χ2v) is 7.00. The van der Waals surface area contributed by atoms with Gasteiger partial charge in [-0.2, -0.15) is 0 Å². The highest BCUT2D eigenvalue weighted by atomic mass is 19.2. The van der Waals surface area contributed by atoms with Crippen molar-refractivity contribution in [1.82, 2.24) is 0 Å². The molecule has 0 atom stereocenters. The summed E-state index contributed by atoms with van der Waals surface area (Å²) < 4.78 is 50.1. The van der Waals surface area contributed by atoms with Gasteiger partial charge in [0.2, 0.25) is 0 Å². The molecule has 0 heterocycles. The zero-order chi connectivity index (χ0) is 22.9. The molecule has 0 saturated heterocycles. The fourth-order valence-corrected chi connectivity index (χ4v) is 2.77. The van der Waals surface area contributed by atoms with Crippen molar-refractivity contribution in [3.05, 3.63) is 94.8 Å². The summed E-state index contributed by atoms with van der Waals surface area (Å²) in [4.78, 5) is 12.1. The van der Waals surface area contributed by atoms with Gasteiger partial charge in [-0.25, -0.2) is 18.0 Å². The van der Waals surface area contributed by atoms with Gasteiger partial charge < -0.3 is 9.47 Å². The van der Waals surface area contributed by atoms with Crippen LogP contribution in [0.3, 0.4) is 0 Å². The summed E-state index contributed by atoms with van der Waals surface area (Å²) in [5.41, 5.74) is 1.64. The maximum atomic E-state index is 13.2. The molecule has 0 fully saturated rings. The van der Waals surface area contributed by atoms with E-state index in [0.29, 0.717) is 24.3 Å².